The van der Waals surface area contributed by atoms with Crippen LogP contribution in [0, 0.1) is 12.7 Å². The Morgan fingerprint density at radius 1 is 1.14 bits per heavy atom. The van der Waals surface area contributed by atoms with Crippen LogP contribution in [-0.4, -0.2) is 12.5 Å². The molecular formula is C17H19FN2O. The molecule has 0 aliphatic heterocycles. The molecule has 0 aliphatic rings. The fourth-order valence-corrected chi connectivity index (χ4v) is 2.14. The average molecular weight is 286 g/mol. The summed E-state index contributed by atoms with van der Waals surface area (Å²) >= 11 is 0. The molecule has 0 atom stereocenters. The van der Waals surface area contributed by atoms with Crippen LogP contribution >= 0.6 is 0 Å². The van der Waals surface area contributed by atoms with E-state index in [2.05, 4.69) is 17.6 Å². The van der Waals surface area contributed by atoms with E-state index in [9.17, 15) is 9.18 Å². The molecule has 2 N–H and O–H groups in total. The van der Waals surface area contributed by atoms with Crippen molar-refractivity contribution in [2.75, 3.05) is 17.2 Å². The number of nitrogens with one attached hydrogen (secondary N) is 2. The van der Waals surface area contributed by atoms with E-state index in [0.717, 1.165) is 23.2 Å². The second-order valence-corrected chi connectivity index (χ2v) is 4.87. The van der Waals surface area contributed by atoms with Crippen LogP contribution in [0.1, 0.15) is 18.1 Å². The zero-order chi connectivity index (χ0) is 15.2. The highest BCUT2D eigenvalue weighted by Gasteiger charge is 2.08. The van der Waals surface area contributed by atoms with Crippen molar-refractivity contribution < 1.29 is 9.18 Å². The summed E-state index contributed by atoms with van der Waals surface area (Å²) in [6.07, 6.45) is 0.864. The van der Waals surface area contributed by atoms with E-state index >= 15 is 0 Å². The molecule has 0 spiro atoms. The SMILES string of the molecule is CCc1cccc(C)c1NC(=O)CNc1ccc(F)cc1. The molecule has 110 valence electrons. The lowest BCUT2D eigenvalue weighted by Gasteiger charge is -2.13. The Morgan fingerprint density at radius 2 is 1.86 bits per heavy atom. The number of aryl methyl sites for hydroxylation is 2. The van der Waals surface area contributed by atoms with E-state index in [1.807, 2.05) is 25.1 Å². The number of carbonyl (C=O) groups excluding carboxylic acids is 1. The molecule has 2 aromatic rings. The molecule has 0 fully saturated rings. The molecule has 2 aromatic carbocycles. The maximum absolute atomic E-state index is 12.8. The van der Waals surface area contributed by atoms with Crippen molar-refractivity contribution in [2.45, 2.75) is 20.3 Å². The molecular weight excluding hydrogens is 267 g/mol. The second-order valence-electron chi connectivity index (χ2n) is 4.87. The summed E-state index contributed by atoms with van der Waals surface area (Å²) in [4.78, 5) is 12.0. The molecule has 21 heavy (non-hydrogen) atoms. The van der Waals surface area contributed by atoms with Crippen LogP contribution in [0.5, 0.6) is 0 Å². The van der Waals surface area contributed by atoms with Crippen LogP contribution in [0.4, 0.5) is 15.8 Å². The fraction of sp³-hybridized carbons (Fsp3) is 0.235. The van der Waals surface area contributed by atoms with Crippen LogP contribution < -0.4 is 10.6 Å². The first-order valence-electron chi connectivity index (χ1n) is 6.98. The average Bonchev–Trinajstić information content (AvgIpc) is 2.49. The van der Waals surface area contributed by atoms with Gasteiger partial charge in [0.1, 0.15) is 5.82 Å². The third-order valence-corrected chi connectivity index (χ3v) is 3.30. The highest BCUT2D eigenvalue weighted by molar-refractivity contribution is 5.95. The number of benzene rings is 2. The highest BCUT2D eigenvalue weighted by Crippen LogP contribution is 2.20. The number of hydrogen-bond donors (Lipinski definition) is 2. The maximum Gasteiger partial charge on any atom is 0.243 e. The lowest BCUT2D eigenvalue weighted by molar-refractivity contribution is -0.114. The van der Waals surface area contributed by atoms with Crippen molar-refractivity contribution in [3.8, 4) is 0 Å². The Labute approximate surface area is 124 Å². The van der Waals surface area contributed by atoms with Gasteiger partial charge >= 0.3 is 0 Å². The quantitative estimate of drug-likeness (QED) is 0.879. The van der Waals surface area contributed by atoms with Crippen LogP contribution in [0.15, 0.2) is 42.5 Å². The number of amides is 1. The van der Waals surface area contributed by atoms with Gasteiger partial charge in [-0.1, -0.05) is 25.1 Å². The van der Waals surface area contributed by atoms with E-state index < -0.39 is 0 Å². The summed E-state index contributed by atoms with van der Waals surface area (Å²) in [6, 6.07) is 11.9. The van der Waals surface area contributed by atoms with Crippen molar-refractivity contribution in [3.63, 3.8) is 0 Å². The summed E-state index contributed by atoms with van der Waals surface area (Å²) in [5, 5.41) is 5.91. The number of hydrogen-bond acceptors (Lipinski definition) is 2. The van der Waals surface area contributed by atoms with Crippen LogP contribution in [-0.2, 0) is 11.2 Å². The summed E-state index contributed by atoms with van der Waals surface area (Å²) in [7, 11) is 0. The first kappa shape index (κ1) is 15.0. The van der Waals surface area contributed by atoms with Crippen molar-refractivity contribution in [1.29, 1.82) is 0 Å². The summed E-state index contributed by atoms with van der Waals surface area (Å²) < 4.78 is 12.8. The van der Waals surface area contributed by atoms with Gasteiger partial charge in [-0.2, -0.15) is 0 Å². The van der Waals surface area contributed by atoms with Crippen LogP contribution in [0.25, 0.3) is 0 Å². The number of rotatable bonds is 5. The maximum atomic E-state index is 12.8. The van der Waals surface area contributed by atoms with E-state index in [1.54, 1.807) is 12.1 Å². The molecule has 4 heteroatoms. The Kier molecular flexibility index (Phi) is 4.93. The predicted octanol–water partition coefficient (Wildman–Crippen LogP) is 3.75. The van der Waals surface area contributed by atoms with Crippen molar-refractivity contribution >= 4 is 17.3 Å². The zero-order valence-corrected chi connectivity index (χ0v) is 12.2. The molecule has 0 aliphatic carbocycles. The van der Waals surface area contributed by atoms with E-state index in [0.29, 0.717) is 5.69 Å². The number of carbonyl (C=O) groups is 1. The van der Waals surface area contributed by atoms with Gasteiger partial charge in [0.2, 0.25) is 5.91 Å². The molecule has 3 nitrogen and oxygen atoms in total. The molecule has 1 amide bonds. The molecule has 0 heterocycles. The number of anilines is 2. The minimum atomic E-state index is -0.294. The summed E-state index contributed by atoms with van der Waals surface area (Å²) in [5.74, 6) is -0.416. The molecule has 0 saturated heterocycles. The van der Waals surface area contributed by atoms with E-state index in [-0.39, 0.29) is 18.3 Å². The lowest BCUT2D eigenvalue weighted by atomic mass is 10.1. The van der Waals surface area contributed by atoms with Gasteiger partial charge in [-0.25, -0.2) is 4.39 Å². The Morgan fingerprint density at radius 3 is 2.52 bits per heavy atom. The molecule has 0 saturated carbocycles. The van der Waals surface area contributed by atoms with Gasteiger partial charge in [-0.15, -0.1) is 0 Å². The highest BCUT2D eigenvalue weighted by atomic mass is 19.1. The van der Waals surface area contributed by atoms with Gasteiger partial charge in [-0.3, -0.25) is 4.79 Å². The largest absolute Gasteiger partial charge is 0.376 e. The van der Waals surface area contributed by atoms with Gasteiger partial charge < -0.3 is 10.6 Å². The Bertz CT molecular complexity index is 623. The third-order valence-electron chi connectivity index (χ3n) is 3.30. The topological polar surface area (TPSA) is 41.1 Å². The van der Waals surface area contributed by atoms with Gasteiger partial charge in [-0.05, 0) is 48.7 Å². The van der Waals surface area contributed by atoms with Gasteiger partial charge in [0.15, 0.2) is 0 Å². The third kappa shape index (κ3) is 4.05. The van der Waals surface area contributed by atoms with Crippen molar-refractivity contribution in [3.05, 3.63) is 59.4 Å². The van der Waals surface area contributed by atoms with Crippen molar-refractivity contribution in [1.82, 2.24) is 0 Å². The molecule has 2 rings (SSSR count). The normalized spacial score (nSPS) is 10.2. The minimum absolute atomic E-state index is 0.122. The molecule has 0 unspecified atom stereocenters. The summed E-state index contributed by atoms with van der Waals surface area (Å²) in [6.45, 7) is 4.17. The smallest absolute Gasteiger partial charge is 0.243 e. The monoisotopic (exact) mass is 286 g/mol. The summed E-state index contributed by atoms with van der Waals surface area (Å²) in [5.41, 5.74) is 3.76. The Hall–Kier alpha value is -2.36. The van der Waals surface area contributed by atoms with Crippen molar-refractivity contribution in [2.24, 2.45) is 0 Å². The molecule has 0 bridgehead atoms. The van der Waals surface area contributed by atoms with E-state index in [4.69, 9.17) is 0 Å². The number of para-hydroxylation sites is 1. The molecule has 0 aromatic heterocycles. The lowest BCUT2D eigenvalue weighted by Crippen LogP contribution is -2.22. The second kappa shape index (κ2) is 6.88. The first-order valence-corrected chi connectivity index (χ1v) is 6.98. The van der Waals surface area contributed by atoms with Gasteiger partial charge in [0.05, 0.1) is 6.54 Å². The fourth-order valence-electron chi connectivity index (χ4n) is 2.14. The van der Waals surface area contributed by atoms with Gasteiger partial charge in [0.25, 0.3) is 0 Å². The number of halogens is 1. The van der Waals surface area contributed by atoms with Crippen LogP contribution in [0.2, 0.25) is 0 Å². The van der Waals surface area contributed by atoms with Gasteiger partial charge in [0, 0.05) is 11.4 Å². The zero-order valence-electron chi connectivity index (χ0n) is 12.2. The predicted molar refractivity (Wildman–Crippen MR) is 84.1 cm³/mol. The minimum Gasteiger partial charge on any atom is -0.376 e. The van der Waals surface area contributed by atoms with E-state index in [1.165, 1.54) is 12.1 Å². The Balaban J connectivity index is 1.97. The first-order chi connectivity index (χ1) is 10.1. The molecule has 0 radical (unpaired) electrons. The standard InChI is InChI=1S/C17H19FN2O/c1-3-13-6-4-5-12(2)17(13)20-16(21)11-19-15-9-7-14(18)8-10-15/h4-10,19H,3,11H2,1-2H3,(H,20,21). The van der Waals surface area contributed by atoms with Crippen LogP contribution in [0.3, 0.4) is 0 Å².